The average Bonchev–Trinajstić information content (AvgIpc) is 2.72. The van der Waals surface area contributed by atoms with Crippen LogP contribution in [0.5, 0.6) is 0 Å². The number of rotatable bonds is 2. The highest BCUT2D eigenvalue weighted by Gasteiger charge is 2.13. The van der Waals surface area contributed by atoms with Crippen LogP contribution >= 0.6 is 0 Å². The van der Waals surface area contributed by atoms with Gasteiger partial charge < -0.3 is 5.32 Å². The first-order valence-electron chi connectivity index (χ1n) is 6.45. The summed E-state index contributed by atoms with van der Waals surface area (Å²) >= 11 is 0. The second-order valence-corrected chi connectivity index (χ2v) is 5.16. The lowest BCUT2D eigenvalue weighted by Crippen LogP contribution is -2.15. The second kappa shape index (κ2) is 4.19. The third-order valence-corrected chi connectivity index (χ3v) is 3.07. The van der Waals surface area contributed by atoms with Crippen molar-refractivity contribution in [2.45, 2.75) is 33.7 Å². The van der Waals surface area contributed by atoms with E-state index in [0.717, 1.165) is 28.3 Å². The summed E-state index contributed by atoms with van der Waals surface area (Å²) in [4.78, 5) is 4.69. The van der Waals surface area contributed by atoms with Crippen LogP contribution in [0.1, 0.15) is 25.2 Å². The average molecular weight is 255 g/mol. The number of aromatic nitrogens is 4. The van der Waals surface area contributed by atoms with E-state index in [-0.39, 0.29) is 0 Å². The highest BCUT2D eigenvalue weighted by Crippen LogP contribution is 2.23. The van der Waals surface area contributed by atoms with Crippen molar-refractivity contribution >= 4 is 22.5 Å². The smallest absolute Gasteiger partial charge is 0.210 e. The van der Waals surface area contributed by atoms with E-state index in [1.54, 1.807) is 0 Å². The van der Waals surface area contributed by atoms with Crippen LogP contribution in [-0.4, -0.2) is 25.6 Å². The Bertz CT molecular complexity index is 757. The molecule has 0 saturated heterocycles. The number of hydrogen-bond acceptors (Lipinski definition) is 4. The summed E-state index contributed by atoms with van der Waals surface area (Å²) in [5, 5.41) is 12.9. The molecule has 0 aliphatic rings. The first-order chi connectivity index (χ1) is 9.06. The predicted molar refractivity (Wildman–Crippen MR) is 76.5 cm³/mol. The minimum atomic E-state index is 0.306. The molecule has 0 atom stereocenters. The summed E-state index contributed by atoms with van der Waals surface area (Å²) in [5.41, 5.74) is 2.99. The lowest BCUT2D eigenvalue weighted by Gasteiger charge is -2.13. The van der Waals surface area contributed by atoms with Crippen LogP contribution in [0.4, 0.5) is 5.95 Å². The van der Waals surface area contributed by atoms with E-state index < -0.39 is 0 Å². The molecule has 3 rings (SSSR count). The molecule has 1 N–H and O–H groups in total. The molecule has 5 nitrogen and oxygen atoms in total. The molecule has 0 fully saturated rings. The number of aryl methyl sites for hydroxylation is 2. The van der Waals surface area contributed by atoms with Crippen LogP contribution < -0.4 is 5.32 Å². The Balaban J connectivity index is 2.41. The van der Waals surface area contributed by atoms with Gasteiger partial charge in [-0.15, -0.1) is 10.2 Å². The normalized spacial score (nSPS) is 11.6. The molecule has 19 heavy (non-hydrogen) atoms. The van der Waals surface area contributed by atoms with Gasteiger partial charge in [0, 0.05) is 11.4 Å². The maximum Gasteiger partial charge on any atom is 0.210 e. The van der Waals surface area contributed by atoms with Crippen molar-refractivity contribution in [2.24, 2.45) is 0 Å². The molecule has 0 bridgehead atoms. The van der Waals surface area contributed by atoms with E-state index in [0.29, 0.717) is 6.04 Å². The Hall–Kier alpha value is -2.17. The van der Waals surface area contributed by atoms with Gasteiger partial charge in [-0.25, -0.2) is 9.38 Å². The maximum absolute atomic E-state index is 4.69. The molecule has 0 aliphatic heterocycles. The minimum Gasteiger partial charge on any atom is -0.353 e. The zero-order chi connectivity index (χ0) is 13.6. The van der Waals surface area contributed by atoms with Crippen molar-refractivity contribution < 1.29 is 0 Å². The molecule has 0 unspecified atom stereocenters. The van der Waals surface area contributed by atoms with Crippen LogP contribution in [-0.2, 0) is 0 Å². The fraction of sp³-hybridized carbons (Fsp3) is 0.357. The van der Waals surface area contributed by atoms with E-state index in [1.807, 2.05) is 17.4 Å². The summed E-state index contributed by atoms with van der Waals surface area (Å²) in [6.45, 7) is 8.19. The summed E-state index contributed by atoms with van der Waals surface area (Å²) in [5.74, 6) is 1.64. The van der Waals surface area contributed by atoms with Gasteiger partial charge in [0.25, 0.3) is 0 Å². The van der Waals surface area contributed by atoms with Crippen LogP contribution in [0, 0.1) is 13.8 Å². The number of nitrogens with zero attached hydrogens (tertiary/aromatic N) is 4. The Morgan fingerprint density at radius 3 is 2.68 bits per heavy atom. The summed E-state index contributed by atoms with van der Waals surface area (Å²) in [6, 6.07) is 6.50. The first kappa shape index (κ1) is 11.9. The molecule has 2 aromatic heterocycles. The van der Waals surface area contributed by atoms with Crippen molar-refractivity contribution in [1.82, 2.24) is 19.6 Å². The highest BCUT2D eigenvalue weighted by atomic mass is 15.3. The van der Waals surface area contributed by atoms with Gasteiger partial charge >= 0.3 is 0 Å². The van der Waals surface area contributed by atoms with E-state index >= 15 is 0 Å². The van der Waals surface area contributed by atoms with Crippen LogP contribution in [0.3, 0.4) is 0 Å². The van der Waals surface area contributed by atoms with Crippen LogP contribution in [0.15, 0.2) is 18.2 Å². The topological polar surface area (TPSA) is 55.1 Å². The van der Waals surface area contributed by atoms with Gasteiger partial charge in [0.1, 0.15) is 5.82 Å². The third-order valence-electron chi connectivity index (χ3n) is 3.07. The second-order valence-electron chi connectivity index (χ2n) is 5.16. The van der Waals surface area contributed by atoms with Crippen molar-refractivity contribution in [2.75, 3.05) is 5.32 Å². The molecule has 0 amide bonds. The van der Waals surface area contributed by atoms with E-state index in [2.05, 4.69) is 53.4 Å². The molecular formula is C14H17N5. The van der Waals surface area contributed by atoms with Crippen molar-refractivity contribution in [3.8, 4) is 0 Å². The molecule has 3 aromatic rings. The number of hydrogen-bond donors (Lipinski definition) is 1. The summed E-state index contributed by atoms with van der Waals surface area (Å²) in [7, 11) is 0. The Labute approximate surface area is 111 Å². The van der Waals surface area contributed by atoms with Crippen LogP contribution in [0.2, 0.25) is 0 Å². The molecule has 0 spiro atoms. The zero-order valence-corrected chi connectivity index (χ0v) is 11.6. The largest absolute Gasteiger partial charge is 0.353 e. The van der Waals surface area contributed by atoms with Gasteiger partial charge in [-0.2, -0.15) is 0 Å². The molecule has 98 valence electrons. The quantitative estimate of drug-likeness (QED) is 0.765. The molecule has 5 heteroatoms. The van der Waals surface area contributed by atoms with Gasteiger partial charge in [0.2, 0.25) is 5.95 Å². The Morgan fingerprint density at radius 1 is 1.16 bits per heavy atom. The van der Waals surface area contributed by atoms with Crippen molar-refractivity contribution in [3.05, 3.63) is 29.6 Å². The summed E-state index contributed by atoms with van der Waals surface area (Å²) in [6.07, 6.45) is 0. The fourth-order valence-electron chi connectivity index (χ4n) is 2.24. The Kier molecular flexibility index (Phi) is 2.62. The molecule has 2 heterocycles. The van der Waals surface area contributed by atoms with Crippen molar-refractivity contribution in [1.29, 1.82) is 0 Å². The van der Waals surface area contributed by atoms with Gasteiger partial charge in [-0.1, -0.05) is 11.6 Å². The van der Waals surface area contributed by atoms with Crippen LogP contribution in [0.25, 0.3) is 16.6 Å². The lowest BCUT2D eigenvalue weighted by molar-refractivity contribution is 0.861. The van der Waals surface area contributed by atoms with Crippen molar-refractivity contribution in [3.63, 3.8) is 0 Å². The number of anilines is 1. The minimum absolute atomic E-state index is 0.306. The third kappa shape index (κ3) is 1.91. The highest BCUT2D eigenvalue weighted by molar-refractivity contribution is 5.92. The standard InChI is InChI=1S/C14H17N5/c1-8(2)15-14-16-12-6-5-9(3)7-11(12)13-18-17-10(4)19(13)14/h5-8H,1-4H3,(H,15,16). The zero-order valence-electron chi connectivity index (χ0n) is 11.6. The summed E-state index contributed by atoms with van der Waals surface area (Å²) < 4.78 is 1.97. The number of benzene rings is 1. The first-order valence-corrected chi connectivity index (χ1v) is 6.45. The van der Waals surface area contributed by atoms with E-state index in [4.69, 9.17) is 0 Å². The van der Waals surface area contributed by atoms with E-state index in [9.17, 15) is 0 Å². The fourth-order valence-corrected chi connectivity index (χ4v) is 2.24. The molecule has 1 aromatic carbocycles. The monoisotopic (exact) mass is 255 g/mol. The Morgan fingerprint density at radius 2 is 1.95 bits per heavy atom. The van der Waals surface area contributed by atoms with Gasteiger partial charge in [0.15, 0.2) is 5.65 Å². The van der Waals surface area contributed by atoms with Gasteiger partial charge in [-0.05, 0) is 39.8 Å². The van der Waals surface area contributed by atoms with Gasteiger partial charge in [-0.3, -0.25) is 0 Å². The lowest BCUT2D eigenvalue weighted by atomic mass is 10.1. The molecule has 0 saturated carbocycles. The number of fused-ring (bicyclic) bond motifs is 3. The molecular weight excluding hydrogens is 238 g/mol. The maximum atomic E-state index is 4.69. The molecule has 0 aliphatic carbocycles. The predicted octanol–water partition coefficient (Wildman–Crippen LogP) is 2.71. The molecule has 0 radical (unpaired) electrons. The van der Waals surface area contributed by atoms with E-state index in [1.165, 1.54) is 5.56 Å². The SMILES string of the molecule is Cc1ccc2nc(NC(C)C)n3c(C)nnc3c2c1. The number of nitrogens with one attached hydrogen (secondary N) is 1. The van der Waals surface area contributed by atoms with Gasteiger partial charge in [0.05, 0.1) is 5.52 Å².